The number of benzene rings is 1. The summed E-state index contributed by atoms with van der Waals surface area (Å²) >= 11 is 1.72. The molecule has 1 aliphatic heterocycles. The van der Waals surface area contributed by atoms with Gasteiger partial charge >= 0.3 is 0 Å². The van der Waals surface area contributed by atoms with E-state index in [0.29, 0.717) is 0 Å². The minimum absolute atomic E-state index is 0.0509. The van der Waals surface area contributed by atoms with Crippen molar-refractivity contribution in [1.82, 2.24) is 15.1 Å². The van der Waals surface area contributed by atoms with Gasteiger partial charge in [0.1, 0.15) is 0 Å². The molecule has 1 heterocycles. The lowest BCUT2D eigenvalue weighted by Gasteiger charge is -2.32. The van der Waals surface area contributed by atoms with Gasteiger partial charge in [-0.15, -0.1) is 11.8 Å². The number of piperazine rings is 1. The van der Waals surface area contributed by atoms with Gasteiger partial charge in [-0.1, -0.05) is 19.1 Å². The minimum Gasteiger partial charge on any atom is -0.352 e. The van der Waals surface area contributed by atoms with Gasteiger partial charge in [0.15, 0.2) is 0 Å². The number of thioether (sulfide) groups is 1. The largest absolute Gasteiger partial charge is 0.352 e. The first kappa shape index (κ1) is 17.3. The molecule has 0 aliphatic carbocycles. The average molecular weight is 321 g/mol. The van der Waals surface area contributed by atoms with Gasteiger partial charge in [0.25, 0.3) is 5.91 Å². The average Bonchev–Trinajstić information content (AvgIpc) is 2.54. The fourth-order valence-corrected chi connectivity index (χ4v) is 3.41. The highest BCUT2D eigenvalue weighted by molar-refractivity contribution is 7.99. The Morgan fingerprint density at radius 2 is 1.95 bits per heavy atom. The number of hydrogen-bond acceptors (Lipinski definition) is 4. The zero-order valence-corrected chi connectivity index (χ0v) is 14.5. The molecular weight excluding hydrogens is 294 g/mol. The van der Waals surface area contributed by atoms with Crippen LogP contribution in [0.25, 0.3) is 0 Å². The van der Waals surface area contributed by atoms with Crippen LogP contribution in [0.5, 0.6) is 0 Å². The molecule has 1 aliphatic rings. The van der Waals surface area contributed by atoms with E-state index < -0.39 is 0 Å². The predicted molar refractivity (Wildman–Crippen MR) is 93.7 cm³/mol. The molecule has 0 saturated carbocycles. The highest BCUT2D eigenvalue weighted by atomic mass is 32.2. The molecule has 1 saturated heterocycles. The Bertz CT molecular complexity index is 473. The summed E-state index contributed by atoms with van der Waals surface area (Å²) in [6, 6.07) is 7.85. The summed E-state index contributed by atoms with van der Waals surface area (Å²) in [4.78, 5) is 18.2. The van der Waals surface area contributed by atoms with Crippen LogP contribution >= 0.6 is 11.8 Å². The molecule has 0 spiro atoms. The zero-order valence-electron chi connectivity index (χ0n) is 13.7. The lowest BCUT2D eigenvalue weighted by molar-refractivity contribution is 0.0946. The normalized spacial score (nSPS) is 16.6. The first-order valence-corrected chi connectivity index (χ1v) is 9.10. The SMILES string of the molecule is CCSc1ccccc1C(=O)NCCCN1CCN(C)CC1. The fourth-order valence-electron chi connectivity index (χ4n) is 2.61. The molecule has 2 rings (SSSR count). The van der Waals surface area contributed by atoms with Crippen LogP contribution in [-0.4, -0.2) is 67.8 Å². The van der Waals surface area contributed by atoms with E-state index in [2.05, 4.69) is 29.1 Å². The second-order valence-corrected chi connectivity index (χ2v) is 6.99. The molecule has 22 heavy (non-hydrogen) atoms. The van der Waals surface area contributed by atoms with Gasteiger partial charge in [0.2, 0.25) is 0 Å². The molecule has 1 aromatic rings. The maximum Gasteiger partial charge on any atom is 0.252 e. The third kappa shape index (κ3) is 5.30. The van der Waals surface area contributed by atoms with Crippen molar-refractivity contribution in [2.45, 2.75) is 18.2 Å². The Labute approximate surface area is 138 Å². The van der Waals surface area contributed by atoms with Crippen LogP contribution in [0, 0.1) is 0 Å². The van der Waals surface area contributed by atoms with Gasteiger partial charge in [-0.05, 0) is 37.9 Å². The number of carbonyl (C=O) groups excluding carboxylic acids is 1. The number of amides is 1. The molecule has 0 bridgehead atoms. The standard InChI is InChI=1S/C17H27N3OS/c1-3-22-16-8-5-4-7-15(16)17(21)18-9-6-10-20-13-11-19(2)12-14-20/h4-5,7-8H,3,6,9-14H2,1-2H3,(H,18,21). The van der Waals surface area contributed by atoms with Crippen LogP contribution in [0.15, 0.2) is 29.2 Å². The molecule has 4 nitrogen and oxygen atoms in total. The highest BCUT2D eigenvalue weighted by Crippen LogP contribution is 2.21. The molecule has 0 radical (unpaired) electrons. The number of rotatable bonds is 7. The van der Waals surface area contributed by atoms with Crippen LogP contribution < -0.4 is 5.32 Å². The van der Waals surface area contributed by atoms with E-state index in [1.54, 1.807) is 11.8 Å². The second kappa shape index (κ2) is 9.18. The molecule has 0 atom stereocenters. The van der Waals surface area contributed by atoms with Gasteiger partial charge < -0.3 is 15.1 Å². The van der Waals surface area contributed by atoms with Crippen molar-refractivity contribution in [2.24, 2.45) is 0 Å². The van der Waals surface area contributed by atoms with E-state index in [4.69, 9.17) is 0 Å². The maximum atomic E-state index is 12.3. The molecule has 0 unspecified atom stereocenters. The van der Waals surface area contributed by atoms with Crippen molar-refractivity contribution in [2.75, 3.05) is 52.1 Å². The fraction of sp³-hybridized carbons (Fsp3) is 0.588. The van der Waals surface area contributed by atoms with Crippen molar-refractivity contribution in [3.63, 3.8) is 0 Å². The summed E-state index contributed by atoms with van der Waals surface area (Å²) in [6.07, 6.45) is 1.01. The summed E-state index contributed by atoms with van der Waals surface area (Å²) in [6.45, 7) is 8.49. The Balaban J connectivity index is 1.72. The number of likely N-dealkylation sites (N-methyl/N-ethyl adjacent to an activating group) is 1. The first-order valence-electron chi connectivity index (χ1n) is 8.11. The quantitative estimate of drug-likeness (QED) is 0.617. The number of nitrogens with zero attached hydrogens (tertiary/aromatic N) is 2. The van der Waals surface area contributed by atoms with Crippen LogP contribution in [0.3, 0.4) is 0 Å². The van der Waals surface area contributed by atoms with Crippen LogP contribution in [0.4, 0.5) is 0 Å². The van der Waals surface area contributed by atoms with E-state index in [1.165, 1.54) is 0 Å². The summed E-state index contributed by atoms with van der Waals surface area (Å²) in [5.74, 6) is 1.03. The van der Waals surface area contributed by atoms with E-state index in [0.717, 1.165) is 61.9 Å². The lowest BCUT2D eigenvalue weighted by atomic mass is 10.2. The predicted octanol–water partition coefficient (Wildman–Crippen LogP) is 2.17. The third-order valence-corrected chi connectivity index (χ3v) is 4.92. The van der Waals surface area contributed by atoms with E-state index in [9.17, 15) is 4.79 Å². The number of nitrogens with one attached hydrogen (secondary N) is 1. The summed E-state index contributed by atoms with van der Waals surface area (Å²) in [5, 5.41) is 3.06. The van der Waals surface area contributed by atoms with Crippen LogP contribution in [0.1, 0.15) is 23.7 Å². The number of hydrogen-bond donors (Lipinski definition) is 1. The van der Waals surface area contributed by atoms with Crippen LogP contribution in [0.2, 0.25) is 0 Å². The Hall–Kier alpha value is -1.04. The third-order valence-electron chi connectivity index (χ3n) is 3.96. The molecule has 122 valence electrons. The highest BCUT2D eigenvalue weighted by Gasteiger charge is 2.13. The molecule has 0 aromatic heterocycles. The zero-order chi connectivity index (χ0) is 15.8. The molecular formula is C17H27N3OS. The summed E-state index contributed by atoms with van der Waals surface area (Å²) < 4.78 is 0. The topological polar surface area (TPSA) is 35.6 Å². The van der Waals surface area contributed by atoms with Gasteiger partial charge in [-0.2, -0.15) is 0 Å². The number of carbonyl (C=O) groups is 1. The smallest absolute Gasteiger partial charge is 0.252 e. The van der Waals surface area contributed by atoms with Gasteiger partial charge in [0, 0.05) is 37.6 Å². The monoisotopic (exact) mass is 321 g/mol. The first-order chi connectivity index (χ1) is 10.7. The van der Waals surface area contributed by atoms with Gasteiger partial charge in [-0.3, -0.25) is 4.79 Å². The molecule has 1 N–H and O–H groups in total. The second-order valence-electron chi connectivity index (χ2n) is 5.68. The maximum absolute atomic E-state index is 12.3. The van der Waals surface area contributed by atoms with Gasteiger partial charge in [0.05, 0.1) is 5.56 Å². The molecule has 1 amide bonds. The summed E-state index contributed by atoms with van der Waals surface area (Å²) in [5.41, 5.74) is 0.800. The molecule has 5 heteroatoms. The summed E-state index contributed by atoms with van der Waals surface area (Å²) in [7, 11) is 2.17. The van der Waals surface area contributed by atoms with Crippen LogP contribution in [-0.2, 0) is 0 Å². The van der Waals surface area contributed by atoms with Crippen molar-refractivity contribution in [1.29, 1.82) is 0 Å². The Morgan fingerprint density at radius 1 is 1.23 bits per heavy atom. The minimum atomic E-state index is 0.0509. The van der Waals surface area contributed by atoms with Crippen molar-refractivity contribution in [3.05, 3.63) is 29.8 Å². The van der Waals surface area contributed by atoms with E-state index in [-0.39, 0.29) is 5.91 Å². The molecule has 1 fully saturated rings. The molecule has 1 aromatic carbocycles. The van der Waals surface area contributed by atoms with Crippen molar-refractivity contribution in [3.8, 4) is 0 Å². The van der Waals surface area contributed by atoms with E-state index in [1.807, 2.05) is 24.3 Å². The Kier molecular flexibility index (Phi) is 7.22. The van der Waals surface area contributed by atoms with Crippen molar-refractivity contribution >= 4 is 17.7 Å². The van der Waals surface area contributed by atoms with E-state index >= 15 is 0 Å². The Morgan fingerprint density at radius 3 is 2.68 bits per heavy atom. The lowest BCUT2D eigenvalue weighted by Crippen LogP contribution is -2.45. The van der Waals surface area contributed by atoms with Gasteiger partial charge in [-0.25, -0.2) is 0 Å². The van der Waals surface area contributed by atoms with Crippen molar-refractivity contribution < 1.29 is 4.79 Å².